The zero-order valence-corrected chi connectivity index (χ0v) is 18.8. The number of nitro groups is 1. The molecule has 2 aromatic carbocycles. The molecule has 0 aliphatic carbocycles. The van der Waals surface area contributed by atoms with Crippen LogP contribution in [0.3, 0.4) is 0 Å². The van der Waals surface area contributed by atoms with Crippen LogP contribution in [-0.2, 0) is 4.79 Å². The second kappa shape index (κ2) is 7.92. The van der Waals surface area contributed by atoms with Crippen molar-refractivity contribution in [2.75, 3.05) is 4.90 Å². The van der Waals surface area contributed by atoms with Gasteiger partial charge < -0.3 is 9.52 Å². The summed E-state index contributed by atoms with van der Waals surface area (Å²) in [6.45, 7) is 3.62. The summed E-state index contributed by atoms with van der Waals surface area (Å²) in [5, 5.41) is 23.2. The summed E-state index contributed by atoms with van der Waals surface area (Å²) in [5.74, 6) is -2.30. The van der Waals surface area contributed by atoms with Crippen LogP contribution in [0.4, 0.5) is 10.8 Å². The van der Waals surface area contributed by atoms with Gasteiger partial charge in [0.1, 0.15) is 5.58 Å². The van der Waals surface area contributed by atoms with Crippen molar-refractivity contribution in [3.05, 3.63) is 97.9 Å². The molecular weight excluding hydrogens is 458 g/mol. The van der Waals surface area contributed by atoms with Gasteiger partial charge >= 0.3 is 0 Å². The number of benzene rings is 2. The molecule has 1 amide bonds. The molecule has 0 saturated heterocycles. The van der Waals surface area contributed by atoms with Gasteiger partial charge in [0.2, 0.25) is 5.78 Å². The highest BCUT2D eigenvalue weighted by molar-refractivity contribution is 7.15. The van der Waals surface area contributed by atoms with E-state index in [1.807, 2.05) is 6.92 Å². The highest BCUT2D eigenvalue weighted by Crippen LogP contribution is 2.44. The van der Waals surface area contributed by atoms with Crippen molar-refractivity contribution in [3.63, 3.8) is 0 Å². The normalized spacial score (nSPS) is 16.0. The fourth-order valence-corrected chi connectivity index (χ4v) is 4.88. The molecule has 9 nitrogen and oxygen atoms in total. The van der Waals surface area contributed by atoms with Crippen molar-refractivity contribution < 1.29 is 24.0 Å². The van der Waals surface area contributed by atoms with E-state index in [0.717, 1.165) is 4.88 Å². The van der Waals surface area contributed by atoms with Gasteiger partial charge in [-0.25, -0.2) is 4.98 Å². The van der Waals surface area contributed by atoms with E-state index in [1.165, 1.54) is 40.5 Å². The number of aliphatic hydroxyl groups excluding tert-OH is 1. The Kier molecular flexibility index (Phi) is 5.02. The number of anilines is 1. The topological polar surface area (TPSA) is 127 Å². The van der Waals surface area contributed by atoms with E-state index in [4.69, 9.17) is 4.42 Å². The number of aromatic nitrogens is 1. The first-order valence-corrected chi connectivity index (χ1v) is 11.1. The first kappa shape index (κ1) is 21.5. The molecule has 0 bridgehead atoms. The fraction of sp³-hybridized carbons (Fsp3) is 0.125. The van der Waals surface area contributed by atoms with Crippen molar-refractivity contribution >= 4 is 44.8 Å². The predicted molar refractivity (Wildman–Crippen MR) is 125 cm³/mol. The first-order chi connectivity index (χ1) is 16.3. The van der Waals surface area contributed by atoms with Crippen molar-refractivity contribution in [2.45, 2.75) is 19.9 Å². The Morgan fingerprint density at radius 1 is 1.18 bits per heavy atom. The van der Waals surface area contributed by atoms with E-state index >= 15 is 0 Å². The number of hydrogen-bond donors (Lipinski definition) is 1. The molecule has 3 heterocycles. The van der Waals surface area contributed by atoms with Crippen molar-refractivity contribution in [2.24, 2.45) is 0 Å². The third kappa shape index (κ3) is 3.35. The molecule has 1 atom stereocenters. The summed E-state index contributed by atoms with van der Waals surface area (Å²) < 4.78 is 5.69. The Morgan fingerprint density at radius 3 is 2.62 bits per heavy atom. The standard InChI is InChI=1S/C24H17N3O6S/c1-12-13(2)34-24(25-12)26-20(15-7-5-8-16(10-15)27(31)32)19(22(29)23(26)30)21(28)18-11-14-6-3-4-9-17(14)33-18/h3-11,20,29H,1-2H3. The summed E-state index contributed by atoms with van der Waals surface area (Å²) >= 11 is 1.23. The third-order valence-electron chi connectivity index (χ3n) is 5.72. The smallest absolute Gasteiger partial charge is 0.296 e. The maximum Gasteiger partial charge on any atom is 0.296 e. The average molecular weight is 475 g/mol. The van der Waals surface area contributed by atoms with Gasteiger partial charge in [0, 0.05) is 22.4 Å². The van der Waals surface area contributed by atoms with Gasteiger partial charge in [0.25, 0.3) is 11.6 Å². The summed E-state index contributed by atoms with van der Waals surface area (Å²) in [6, 6.07) is 13.1. The van der Waals surface area contributed by atoms with Gasteiger partial charge in [-0.3, -0.25) is 24.6 Å². The molecule has 1 aliphatic heterocycles. The van der Waals surface area contributed by atoms with Crippen LogP contribution in [0.2, 0.25) is 0 Å². The molecule has 5 rings (SSSR count). The molecule has 10 heteroatoms. The van der Waals surface area contributed by atoms with E-state index in [9.17, 15) is 24.8 Å². The lowest BCUT2D eigenvalue weighted by atomic mass is 9.95. The van der Waals surface area contributed by atoms with Gasteiger partial charge in [-0.05, 0) is 31.5 Å². The van der Waals surface area contributed by atoms with Crippen LogP contribution < -0.4 is 4.90 Å². The number of aryl methyl sites for hydroxylation is 2. The molecule has 170 valence electrons. The largest absolute Gasteiger partial charge is 0.503 e. The Labute approximate surface area is 196 Å². The van der Waals surface area contributed by atoms with Crippen LogP contribution in [0.25, 0.3) is 11.0 Å². The zero-order chi connectivity index (χ0) is 24.1. The first-order valence-electron chi connectivity index (χ1n) is 10.2. The van der Waals surface area contributed by atoms with E-state index < -0.39 is 28.4 Å². The molecule has 2 aromatic heterocycles. The zero-order valence-electron chi connectivity index (χ0n) is 18.0. The van der Waals surface area contributed by atoms with Crippen molar-refractivity contribution in [1.29, 1.82) is 0 Å². The number of ketones is 1. The maximum atomic E-state index is 13.6. The predicted octanol–water partition coefficient (Wildman–Crippen LogP) is 5.20. The molecule has 0 spiro atoms. The number of non-ortho nitro benzene ring substituents is 1. The van der Waals surface area contributed by atoms with Crippen molar-refractivity contribution in [1.82, 2.24) is 4.98 Å². The van der Waals surface area contributed by atoms with E-state index in [2.05, 4.69) is 4.98 Å². The van der Waals surface area contributed by atoms with Crippen LogP contribution >= 0.6 is 11.3 Å². The Balaban J connectivity index is 1.69. The number of carbonyl (C=O) groups excluding carboxylic acids is 2. The summed E-state index contributed by atoms with van der Waals surface area (Å²) in [7, 11) is 0. The molecule has 34 heavy (non-hydrogen) atoms. The lowest BCUT2D eigenvalue weighted by molar-refractivity contribution is -0.384. The second-order valence-corrected chi connectivity index (χ2v) is 8.99. The molecule has 4 aromatic rings. The van der Waals surface area contributed by atoms with Gasteiger partial charge in [-0.1, -0.05) is 30.3 Å². The number of nitrogens with zero attached hydrogens (tertiary/aromatic N) is 3. The van der Waals surface area contributed by atoms with Crippen LogP contribution in [0.15, 0.2) is 70.3 Å². The van der Waals surface area contributed by atoms with E-state index in [0.29, 0.717) is 16.7 Å². The van der Waals surface area contributed by atoms with E-state index in [-0.39, 0.29) is 27.7 Å². The Bertz CT molecular complexity index is 1480. The second-order valence-electron chi connectivity index (χ2n) is 7.81. The highest BCUT2D eigenvalue weighted by atomic mass is 32.1. The minimum atomic E-state index is -1.13. The van der Waals surface area contributed by atoms with E-state index in [1.54, 1.807) is 37.3 Å². The average Bonchev–Trinajstić information content (AvgIpc) is 3.48. The number of para-hydroxylation sites is 1. The number of aliphatic hydroxyl groups is 1. The number of thiazole rings is 1. The monoisotopic (exact) mass is 475 g/mol. The highest BCUT2D eigenvalue weighted by Gasteiger charge is 2.47. The summed E-state index contributed by atoms with van der Waals surface area (Å²) in [5.41, 5.74) is 1.03. The Morgan fingerprint density at radius 2 is 1.94 bits per heavy atom. The van der Waals surface area contributed by atoms with Gasteiger partial charge in [-0.2, -0.15) is 0 Å². The quantitative estimate of drug-likeness (QED) is 0.239. The van der Waals surface area contributed by atoms with Gasteiger partial charge in [0.05, 0.1) is 22.2 Å². The minimum Gasteiger partial charge on any atom is -0.503 e. The van der Waals surface area contributed by atoms with Crippen molar-refractivity contribution in [3.8, 4) is 0 Å². The lowest BCUT2D eigenvalue weighted by Crippen LogP contribution is -2.31. The molecule has 1 N–H and O–H groups in total. The summed E-state index contributed by atoms with van der Waals surface area (Å²) in [4.78, 5) is 44.1. The molecule has 1 aliphatic rings. The number of carbonyl (C=O) groups is 2. The van der Waals surface area contributed by atoms with Crippen LogP contribution in [0.1, 0.15) is 32.7 Å². The van der Waals surface area contributed by atoms with Crippen LogP contribution in [0.5, 0.6) is 0 Å². The number of Topliss-reactive ketones (excluding diaryl/α,β-unsaturated/α-hetero) is 1. The lowest BCUT2D eigenvalue weighted by Gasteiger charge is -2.24. The fourth-order valence-electron chi connectivity index (χ4n) is 3.94. The minimum absolute atomic E-state index is 0.0562. The molecule has 0 saturated carbocycles. The Hall–Kier alpha value is -4.31. The number of rotatable bonds is 5. The number of fused-ring (bicyclic) bond motifs is 1. The molecule has 1 unspecified atom stereocenters. The number of nitro benzene ring substituents is 1. The number of amides is 1. The van der Waals surface area contributed by atoms with Crippen LogP contribution in [-0.4, -0.2) is 26.7 Å². The molecular formula is C24H17N3O6S. The molecule has 0 fully saturated rings. The van der Waals surface area contributed by atoms with Crippen LogP contribution in [0, 0.1) is 24.0 Å². The SMILES string of the molecule is Cc1nc(N2C(=O)C(O)=C(C(=O)c3cc4ccccc4o3)C2c2cccc([N+](=O)[O-])c2)sc1C. The summed E-state index contributed by atoms with van der Waals surface area (Å²) in [6.07, 6.45) is 0. The van der Waals surface area contributed by atoms with Gasteiger partial charge in [0.15, 0.2) is 16.7 Å². The number of hydrogen-bond acceptors (Lipinski definition) is 8. The molecule has 0 radical (unpaired) electrons. The maximum absolute atomic E-state index is 13.6. The number of furan rings is 1. The van der Waals surface area contributed by atoms with Gasteiger partial charge in [-0.15, -0.1) is 11.3 Å². The third-order valence-corrected chi connectivity index (χ3v) is 6.79.